The molecule has 1 aliphatic rings. The van der Waals surface area contributed by atoms with E-state index in [-0.39, 0.29) is 65.3 Å². The van der Waals surface area contributed by atoms with Gasteiger partial charge in [-0.05, 0) is 55.8 Å². The number of nitrogens with zero attached hydrogens (tertiary/aromatic N) is 1. The molecule has 256 valence electrons. The Balaban J connectivity index is 1.48. The number of esters is 2. The predicted molar refractivity (Wildman–Crippen MR) is 176 cm³/mol. The lowest BCUT2D eigenvalue weighted by molar-refractivity contribution is -0.140. The van der Waals surface area contributed by atoms with E-state index in [4.69, 9.17) is 9.47 Å². The lowest BCUT2D eigenvalue weighted by Gasteiger charge is -2.30. The standard InChI is InChI=1S/C36H32N4O10/c1-20-28(35(47)49-16-14-38-31(41)24-10-3-5-12-26(24)33(43)44)30(23-9-7-8-22(18-23)19-37)29(21(2)40-20)36(48)50-17-15-39-32(42)25-11-4-6-13-27(25)34(45)46/h3-13,18,30,40H,14-17H2,1-2H3,(H,38,41)(H,39,42)(H,43,44)(H,45,46). The number of allylic oxidation sites excluding steroid dienone is 2. The van der Waals surface area contributed by atoms with Crippen LogP contribution in [0.1, 0.15) is 72.3 Å². The smallest absolute Gasteiger partial charge is 0.336 e. The fraction of sp³-hybridized carbons (Fsp3) is 0.194. The predicted octanol–water partition coefficient (Wildman–Crippen LogP) is 3.14. The van der Waals surface area contributed by atoms with Gasteiger partial charge in [0.2, 0.25) is 0 Å². The van der Waals surface area contributed by atoms with Crippen LogP contribution in [-0.4, -0.2) is 72.2 Å². The summed E-state index contributed by atoms with van der Waals surface area (Å²) in [5.74, 6) is -6.60. The summed E-state index contributed by atoms with van der Waals surface area (Å²) in [6.07, 6.45) is 0. The number of carbonyl (C=O) groups is 6. The number of nitriles is 1. The average Bonchev–Trinajstić information content (AvgIpc) is 3.11. The second-order valence-electron chi connectivity index (χ2n) is 10.9. The number of ether oxygens (including phenoxy) is 2. The van der Waals surface area contributed by atoms with Crippen molar-refractivity contribution in [3.63, 3.8) is 0 Å². The minimum atomic E-state index is -1.27. The first kappa shape index (κ1) is 36.1. The van der Waals surface area contributed by atoms with E-state index in [2.05, 4.69) is 16.0 Å². The Morgan fingerprint density at radius 2 is 1.14 bits per heavy atom. The number of carbonyl (C=O) groups excluding carboxylic acids is 4. The van der Waals surface area contributed by atoms with Gasteiger partial charge >= 0.3 is 23.9 Å². The molecule has 3 aromatic rings. The molecule has 0 bridgehead atoms. The van der Waals surface area contributed by atoms with E-state index in [0.717, 1.165) is 0 Å². The molecule has 1 aliphatic heterocycles. The molecule has 0 saturated heterocycles. The van der Waals surface area contributed by atoms with Gasteiger partial charge in [0.25, 0.3) is 11.8 Å². The number of rotatable bonds is 13. The number of aromatic carboxylic acids is 2. The second-order valence-corrected chi connectivity index (χ2v) is 10.9. The number of benzene rings is 3. The Hall–Kier alpha value is -6.75. The number of carboxylic acid groups (broad SMARTS) is 2. The first-order chi connectivity index (χ1) is 23.9. The minimum Gasteiger partial charge on any atom is -0.478 e. The van der Waals surface area contributed by atoms with Crippen molar-refractivity contribution in [1.82, 2.24) is 16.0 Å². The topological polar surface area (TPSA) is 221 Å². The molecule has 14 nitrogen and oxygen atoms in total. The fourth-order valence-corrected chi connectivity index (χ4v) is 5.35. The molecule has 4 rings (SSSR count). The number of dihydropyridines is 1. The minimum absolute atomic E-state index is 0.0405. The monoisotopic (exact) mass is 680 g/mol. The van der Waals surface area contributed by atoms with Crippen molar-refractivity contribution in [2.24, 2.45) is 0 Å². The maximum absolute atomic E-state index is 13.6. The molecule has 0 atom stereocenters. The lowest BCUT2D eigenvalue weighted by Crippen LogP contribution is -2.35. The molecule has 14 heteroatoms. The van der Waals surface area contributed by atoms with Crippen LogP contribution in [0.15, 0.2) is 95.3 Å². The van der Waals surface area contributed by atoms with Gasteiger partial charge in [-0.25, -0.2) is 19.2 Å². The van der Waals surface area contributed by atoms with Crippen LogP contribution in [0.25, 0.3) is 0 Å². The molecule has 0 spiro atoms. The normalized spacial score (nSPS) is 12.7. The highest BCUT2D eigenvalue weighted by molar-refractivity contribution is 6.05. The molecule has 5 N–H and O–H groups in total. The van der Waals surface area contributed by atoms with Crippen molar-refractivity contribution >= 4 is 35.7 Å². The summed E-state index contributed by atoms with van der Waals surface area (Å²) in [4.78, 5) is 75.3. The first-order valence-corrected chi connectivity index (χ1v) is 15.2. The molecular formula is C36H32N4O10. The number of amides is 2. The van der Waals surface area contributed by atoms with Crippen LogP contribution in [0.4, 0.5) is 0 Å². The molecule has 3 aromatic carbocycles. The number of hydrogen-bond donors (Lipinski definition) is 5. The van der Waals surface area contributed by atoms with E-state index in [0.29, 0.717) is 17.0 Å². The van der Waals surface area contributed by atoms with Gasteiger partial charge in [-0.2, -0.15) is 5.26 Å². The van der Waals surface area contributed by atoms with Crippen LogP contribution in [0.5, 0.6) is 0 Å². The highest BCUT2D eigenvalue weighted by atomic mass is 16.5. The molecule has 0 radical (unpaired) electrons. The largest absolute Gasteiger partial charge is 0.478 e. The zero-order valence-corrected chi connectivity index (χ0v) is 26.9. The molecular weight excluding hydrogens is 648 g/mol. The van der Waals surface area contributed by atoms with Crippen molar-refractivity contribution in [3.8, 4) is 6.07 Å². The average molecular weight is 681 g/mol. The SMILES string of the molecule is CC1=C(C(=O)OCCNC(=O)c2ccccc2C(=O)O)C(c2cccc(C#N)c2)C(C(=O)OCCNC(=O)c2ccccc2C(=O)O)=C(C)N1. The summed E-state index contributed by atoms with van der Waals surface area (Å²) in [6, 6.07) is 19.7. The van der Waals surface area contributed by atoms with Gasteiger partial charge in [0.15, 0.2) is 0 Å². The second kappa shape index (κ2) is 16.4. The summed E-state index contributed by atoms with van der Waals surface area (Å²) in [5, 5.41) is 36.3. The zero-order valence-electron chi connectivity index (χ0n) is 26.9. The van der Waals surface area contributed by atoms with Gasteiger partial charge < -0.3 is 35.6 Å². The molecule has 50 heavy (non-hydrogen) atoms. The molecule has 0 unspecified atom stereocenters. The summed E-state index contributed by atoms with van der Waals surface area (Å²) in [5.41, 5.74) is 0.986. The summed E-state index contributed by atoms with van der Waals surface area (Å²) in [7, 11) is 0. The summed E-state index contributed by atoms with van der Waals surface area (Å²) < 4.78 is 11.0. The van der Waals surface area contributed by atoms with Crippen molar-refractivity contribution in [3.05, 3.63) is 129 Å². The first-order valence-electron chi connectivity index (χ1n) is 15.2. The summed E-state index contributed by atoms with van der Waals surface area (Å²) in [6.45, 7) is 2.32. The van der Waals surface area contributed by atoms with Crippen molar-refractivity contribution in [2.75, 3.05) is 26.3 Å². The van der Waals surface area contributed by atoms with Crippen molar-refractivity contribution in [1.29, 1.82) is 5.26 Å². The van der Waals surface area contributed by atoms with E-state index in [1.165, 1.54) is 54.6 Å². The quantitative estimate of drug-likeness (QED) is 0.130. The maximum atomic E-state index is 13.6. The van der Waals surface area contributed by atoms with Gasteiger partial charge in [0, 0.05) is 11.4 Å². The molecule has 1 heterocycles. The molecule has 0 saturated carbocycles. The third-order valence-corrected chi connectivity index (χ3v) is 7.59. The van der Waals surface area contributed by atoms with Gasteiger partial charge in [-0.15, -0.1) is 0 Å². The van der Waals surface area contributed by atoms with Gasteiger partial charge in [0.1, 0.15) is 13.2 Å². The third kappa shape index (κ3) is 8.39. The number of nitrogens with one attached hydrogen (secondary N) is 3. The molecule has 0 aliphatic carbocycles. The number of carboxylic acids is 2. The Kier molecular flexibility index (Phi) is 11.8. The van der Waals surface area contributed by atoms with Crippen LogP contribution in [0, 0.1) is 11.3 Å². The van der Waals surface area contributed by atoms with Gasteiger partial charge in [0.05, 0.1) is 64.0 Å². The van der Waals surface area contributed by atoms with E-state index >= 15 is 0 Å². The highest BCUT2D eigenvalue weighted by Crippen LogP contribution is 2.39. The van der Waals surface area contributed by atoms with Crippen LogP contribution in [0.2, 0.25) is 0 Å². The van der Waals surface area contributed by atoms with Crippen LogP contribution < -0.4 is 16.0 Å². The van der Waals surface area contributed by atoms with Crippen LogP contribution in [-0.2, 0) is 19.1 Å². The Morgan fingerprint density at radius 3 is 1.56 bits per heavy atom. The zero-order chi connectivity index (χ0) is 36.4. The van der Waals surface area contributed by atoms with E-state index < -0.39 is 41.6 Å². The fourth-order valence-electron chi connectivity index (χ4n) is 5.35. The van der Waals surface area contributed by atoms with Crippen LogP contribution >= 0.6 is 0 Å². The highest BCUT2D eigenvalue weighted by Gasteiger charge is 2.38. The van der Waals surface area contributed by atoms with Gasteiger partial charge in [-0.3, -0.25) is 9.59 Å². The molecule has 0 fully saturated rings. The Labute approximate surface area is 286 Å². The van der Waals surface area contributed by atoms with Crippen molar-refractivity contribution < 1.29 is 48.5 Å². The van der Waals surface area contributed by atoms with E-state index in [1.54, 1.807) is 32.0 Å². The Morgan fingerprint density at radius 1 is 0.700 bits per heavy atom. The number of hydrogen-bond acceptors (Lipinski definition) is 10. The van der Waals surface area contributed by atoms with E-state index in [1.807, 2.05) is 6.07 Å². The van der Waals surface area contributed by atoms with Crippen molar-refractivity contribution in [2.45, 2.75) is 19.8 Å². The maximum Gasteiger partial charge on any atom is 0.336 e. The third-order valence-electron chi connectivity index (χ3n) is 7.59. The van der Waals surface area contributed by atoms with Gasteiger partial charge in [-0.1, -0.05) is 36.4 Å². The Bertz CT molecular complexity index is 1860. The summed E-state index contributed by atoms with van der Waals surface area (Å²) >= 11 is 0. The molecule has 2 amide bonds. The van der Waals surface area contributed by atoms with Crippen LogP contribution in [0.3, 0.4) is 0 Å². The lowest BCUT2D eigenvalue weighted by atomic mass is 9.80. The van der Waals surface area contributed by atoms with E-state index in [9.17, 15) is 44.2 Å². The molecule has 0 aromatic heterocycles.